The summed E-state index contributed by atoms with van der Waals surface area (Å²) >= 11 is 0. The number of carboxylic acid groups (broad SMARTS) is 1. The number of carbonyl (C=O) groups excluding carboxylic acids is 1. The first kappa shape index (κ1) is 23.4. The Morgan fingerprint density at radius 3 is 2.19 bits per heavy atom. The topological polar surface area (TPSA) is 110 Å². The van der Waals surface area contributed by atoms with Gasteiger partial charge in [-0.1, -0.05) is 76.4 Å². The summed E-state index contributed by atoms with van der Waals surface area (Å²) < 4.78 is 0. The Kier molecular flexibility index (Phi) is 6.67. The number of rotatable bonds is 6. The van der Waals surface area contributed by atoms with E-state index in [1.165, 1.54) is 12.1 Å². The van der Waals surface area contributed by atoms with Crippen LogP contribution in [0.15, 0.2) is 48.5 Å². The summed E-state index contributed by atoms with van der Waals surface area (Å²) in [6, 6.07) is 12.4. The first-order chi connectivity index (χ1) is 15.1. The second-order valence-electron chi connectivity index (χ2n) is 9.57. The molecule has 0 aromatic heterocycles. The number of carbonyl (C=O) groups is 2. The van der Waals surface area contributed by atoms with Gasteiger partial charge in [0.2, 0.25) is 0 Å². The number of amides is 1. The molecule has 2 N–H and O–H groups in total. The van der Waals surface area contributed by atoms with E-state index < -0.39 is 28.3 Å². The zero-order valence-corrected chi connectivity index (χ0v) is 18.8. The highest BCUT2D eigenvalue weighted by atomic mass is 16.6. The molecule has 1 saturated carbocycles. The highest BCUT2D eigenvalue weighted by molar-refractivity contribution is 6.00. The molecule has 0 aliphatic heterocycles. The standard InChI is InChI=1S/C25H30N2O5/c1-24(2,3)25(14-8-5-9-15-25)21(23(29)30)26-22(28)19-13-12-18(16-20(19)27(31)32)17-10-6-4-7-11-17/h4,6-7,10-13,16,21H,5,8-9,14-15H2,1-3H3,(H,26,28)(H,29,30)/t21-/m1/s1. The maximum absolute atomic E-state index is 13.2. The molecule has 0 saturated heterocycles. The molecule has 7 nitrogen and oxygen atoms in total. The van der Waals surface area contributed by atoms with Gasteiger partial charge in [-0.05, 0) is 35.4 Å². The van der Waals surface area contributed by atoms with Crippen LogP contribution in [-0.2, 0) is 4.79 Å². The minimum Gasteiger partial charge on any atom is -0.480 e. The van der Waals surface area contributed by atoms with Crippen LogP contribution in [0.1, 0.15) is 63.2 Å². The molecule has 0 spiro atoms. The van der Waals surface area contributed by atoms with Crippen LogP contribution in [0, 0.1) is 20.9 Å². The zero-order chi connectivity index (χ0) is 23.5. The maximum atomic E-state index is 13.2. The number of nitro groups is 1. The molecule has 1 amide bonds. The van der Waals surface area contributed by atoms with Gasteiger partial charge in [-0.2, -0.15) is 0 Å². The zero-order valence-electron chi connectivity index (χ0n) is 18.8. The fraction of sp³-hybridized carbons (Fsp3) is 0.440. The van der Waals surface area contributed by atoms with Crippen molar-refractivity contribution >= 4 is 17.6 Å². The van der Waals surface area contributed by atoms with Crippen LogP contribution in [0.5, 0.6) is 0 Å². The smallest absolute Gasteiger partial charge is 0.326 e. The number of benzene rings is 2. The summed E-state index contributed by atoms with van der Waals surface area (Å²) in [5.41, 5.74) is -0.0811. The molecule has 0 heterocycles. The van der Waals surface area contributed by atoms with Crippen LogP contribution < -0.4 is 5.32 Å². The van der Waals surface area contributed by atoms with Crippen molar-refractivity contribution in [3.63, 3.8) is 0 Å². The molecule has 3 rings (SSSR count). The van der Waals surface area contributed by atoms with Gasteiger partial charge in [-0.3, -0.25) is 14.9 Å². The van der Waals surface area contributed by atoms with Gasteiger partial charge in [0.25, 0.3) is 11.6 Å². The fourth-order valence-electron chi connectivity index (χ4n) is 4.98. The Hall–Kier alpha value is -3.22. The summed E-state index contributed by atoms with van der Waals surface area (Å²) in [6.45, 7) is 5.99. The fourth-order valence-corrected chi connectivity index (χ4v) is 4.98. The van der Waals surface area contributed by atoms with E-state index in [-0.39, 0.29) is 16.7 Å². The third-order valence-corrected chi connectivity index (χ3v) is 6.86. The van der Waals surface area contributed by atoms with Crippen molar-refractivity contribution in [2.24, 2.45) is 10.8 Å². The van der Waals surface area contributed by atoms with Crippen molar-refractivity contribution in [3.05, 3.63) is 64.2 Å². The summed E-state index contributed by atoms with van der Waals surface area (Å²) in [5.74, 6) is -1.85. The number of nitro benzene ring substituents is 1. The maximum Gasteiger partial charge on any atom is 0.326 e. The molecule has 0 unspecified atom stereocenters. The minimum atomic E-state index is -1.14. The third-order valence-electron chi connectivity index (χ3n) is 6.86. The molecular formula is C25H30N2O5. The van der Waals surface area contributed by atoms with Gasteiger partial charge < -0.3 is 10.4 Å². The number of nitrogens with one attached hydrogen (secondary N) is 1. The Bertz CT molecular complexity index is 1000. The van der Waals surface area contributed by atoms with Crippen molar-refractivity contribution in [2.45, 2.75) is 58.9 Å². The minimum absolute atomic E-state index is 0.138. The quantitative estimate of drug-likeness (QED) is 0.461. The van der Waals surface area contributed by atoms with Crippen LogP contribution in [-0.4, -0.2) is 27.9 Å². The van der Waals surface area contributed by atoms with E-state index in [0.717, 1.165) is 24.8 Å². The lowest BCUT2D eigenvalue weighted by Gasteiger charge is -2.51. The van der Waals surface area contributed by atoms with Gasteiger partial charge in [0.15, 0.2) is 0 Å². The van der Waals surface area contributed by atoms with Crippen molar-refractivity contribution in [1.29, 1.82) is 0 Å². The van der Waals surface area contributed by atoms with Gasteiger partial charge in [0, 0.05) is 11.5 Å². The average molecular weight is 439 g/mol. The normalized spacial score (nSPS) is 16.7. The predicted octanol–water partition coefficient (Wildman–Crippen LogP) is 5.44. The molecule has 1 atom stereocenters. The van der Waals surface area contributed by atoms with Crippen LogP contribution in [0.25, 0.3) is 11.1 Å². The van der Waals surface area contributed by atoms with Crippen LogP contribution in [0.4, 0.5) is 5.69 Å². The molecule has 1 aliphatic rings. The molecule has 2 aromatic rings. The first-order valence-corrected chi connectivity index (χ1v) is 10.9. The van der Waals surface area contributed by atoms with E-state index in [1.54, 1.807) is 6.07 Å². The summed E-state index contributed by atoms with van der Waals surface area (Å²) in [6.07, 6.45) is 4.18. The molecule has 7 heteroatoms. The summed E-state index contributed by atoms with van der Waals surface area (Å²) in [7, 11) is 0. The molecule has 1 aliphatic carbocycles. The molecule has 1 fully saturated rings. The Balaban J connectivity index is 1.98. The van der Waals surface area contributed by atoms with Gasteiger partial charge in [0.05, 0.1) is 4.92 Å². The summed E-state index contributed by atoms with van der Waals surface area (Å²) in [5, 5.41) is 24.5. The van der Waals surface area contributed by atoms with E-state index in [0.29, 0.717) is 18.4 Å². The Morgan fingerprint density at radius 2 is 1.66 bits per heavy atom. The van der Waals surface area contributed by atoms with E-state index in [9.17, 15) is 24.8 Å². The number of carboxylic acids is 1. The highest BCUT2D eigenvalue weighted by Crippen LogP contribution is 2.52. The van der Waals surface area contributed by atoms with Crippen molar-refractivity contribution in [1.82, 2.24) is 5.32 Å². The number of hydrogen-bond donors (Lipinski definition) is 2. The molecule has 0 bridgehead atoms. The van der Waals surface area contributed by atoms with Crippen molar-refractivity contribution < 1.29 is 19.6 Å². The lowest BCUT2D eigenvalue weighted by molar-refractivity contribution is -0.385. The van der Waals surface area contributed by atoms with Gasteiger partial charge in [-0.15, -0.1) is 0 Å². The lowest BCUT2D eigenvalue weighted by atomic mass is 9.55. The second-order valence-corrected chi connectivity index (χ2v) is 9.57. The monoisotopic (exact) mass is 438 g/mol. The van der Waals surface area contributed by atoms with E-state index in [4.69, 9.17) is 0 Å². The van der Waals surface area contributed by atoms with Gasteiger partial charge >= 0.3 is 5.97 Å². The second kappa shape index (κ2) is 9.10. The lowest BCUT2D eigenvalue weighted by Crippen LogP contribution is -2.58. The SMILES string of the molecule is CC(C)(C)C1([C@H](NC(=O)c2ccc(-c3ccccc3)cc2[N+](=O)[O-])C(=O)O)CCCCC1. The van der Waals surface area contributed by atoms with Crippen molar-refractivity contribution in [3.8, 4) is 11.1 Å². The molecule has 2 aromatic carbocycles. The van der Waals surface area contributed by atoms with Gasteiger partial charge in [-0.25, -0.2) is 4.79 Å². The number of nitrogens with zero attached hydrogens (tertiary/aromatic N) is 1. The number of aliphatic carboxylic acids is 1. The van der Waals surface area contributed by atoms with E-state index in [2.05, 4.69) is 5.32 Å². The molecule has 0 radical (unpaired) electrons. The molecular weight excluding hydrogens is 408 g/mol. The molecule has 32 heavy (non-hydrogen) atoms. The number of hydrogen-bond acceptors (Lipinski definition) is 4. The molecule has 170 valence electrons. The Morgan fingerprint density at radius 1 is 1.03 bits per heavy atom. The van der Waals surface area contributed by atoms with Crippen molar-refractivity contribution in [2.75, 3.05) is 0 Å². The van der Waals surface area contributed by atoms with E-state index in [1.807, 2.05) is 51.1 Å². The van der Waals surface area contributed by atoms with Crippen LogP contribution in [0.3, 0.4) is 0 Å². The summed E-state index contributed by atoms with van der Waals surface area (Å²) in [4.78, 5) is 36.7. The third kappa shape index (κ3) is 4.52. The first-order valence-electron chi connectivity index (χ1n) is 10.9. The van der Waals surface area contributed by atoms with Gasteiger partial charge in [0.1, 0.15) is 11.6 Å². The Labute approximate surface area is 188 Å². The van der Waals surface area contributed by atoms with Crippen LogP contribution >= 0.6 is 0 Å². The predicted molar refractivity (Wildman–Crippen MR) is 122 cm³/mol. The highest BCUT2D eigenvalue weighted by Gasteiger charge is 2.52. The van der Waals surface area contributed by atoms with Crippen LogP contribution in [0.2, 0.25) is 0 Å². The van der Waals surface area contributed by atoms with E-state index >= 15 is 0 Å². The average Bonchev–Trinajstić information content (AvgIpc) is 2.77. The largest absolute Gasteiger partial charge is 0.480 e.